The molecule has 1 aromatic heterocycles. The van der Waals surface area contributed by atoms with Gasteiger partial charge in [0, 0.05) is 88.0 Å². The smallest absolute Gasteiger partial charge is 0.407 e. The third-order valence-corrected chi connectivity index (χ3v) is 7.81. The van der Waals surface area contributed by atoms with Crippen molar-refractivity contribution in [3.63, 3.8) is 0 Å². The van der Waals surface area contributed by atoms with Crippen molar-refractivity contribution in [2.24, 2.45) is 24.8 Å². The molecule has 0 aliphatic carbocycles. The van der Waals surface area contributed by atoms with Crippen LogP contribution in [0.4, 0.5) is 16.2 Å². The monoisotopic (exact) mass is 484 g/mol. The average Bonchev–Trinajstić information content (AvgIpc) is 3.53. The number of amides is 1. The van der Waals surface area contributed by atoms with Gasteiger partial charge < -0.3 is 24.5 Å². The first-order valence-corrected chi connectivity index (χ1v) is 12.1. The Balaban J connectivity index is 1.26. The van der Waals surface area contributed by atoms with Crippen LogP contribution in [0.5, 0.6) is 5.75 Å². The fraction of sp³-hybridized carbons (Fsp3) is 0.583. The van der Waals surface area contributed by atoms with Gasteiger partial charge in [0.2, 0.25) is 0 Å². The van der Waals surface area contributed by atoms with Crippen molar-refractivity contribution in [1.82, 2.24) is 19.6 Å². The van der Waals surface area contributed by atoms with Crippen LogP contribution in [-0.4, -0.2) is 88.6 Å². The van der Waals surface area contributed by atoms with E-state index >= 15 is 0 Å². The van der Waals surface area contributed by atoms with Crippen LogP contribution >= 0.6 is 0 Å². The van der Waals surface area contributed by atoms with Crippen molar-refractivity contribution in [3.05, 3.63) is 34.6 Å². The number of methoxy groups -OCH3 is 1. The van der Waals surface area contributed by atoms with Crippen LogP contribution in [0.25, 0.3) is 11.1 Å². The molecule has 11 heteroatoms. The number of likely N-dealkylation sites (tertiary alicyclic amines) is 2. The number of fused-ring (bicyclic) bond motifs is 1. The molecule has 1 amide bonds. The standard InChI is InChI=1S/C24H32N6O5/c1-26-11-17(9-25-26)20-7-22(30(33)34)23(35-2)8-21(20)28-5-3-16(4-6-28)10-27-12-18-14-29(24(31)32)15-19(18)13-27/h7-9,11,16,18-19H,3-6,10,12-15H2,1-2H3,(H,31,32). The summed E-state index contributed by atoms with van der Waals surface area (Å²) < 4.78 is 7.06. The molecule has 3 fully saturated rings. The lowest BCUT2D eigenvalue weighted by Gasteiger charge is -2.36. The third-order valence-electron chi connectivity index (χ3n) is 7.81. The molecule has 0 spiro atoms. The summed E-state index contributed by atoms with van der Waals surface area (Å²) in [6.07, 6.45) is 4.89. The van der Waals surface area contributed by atoms with Gasteiger partial charge in [-0.3, -0.25) is 14.8 Å². The van der Waals surface area contributed by atoms with Gasteiger partial charge in [0.15, 0.2) is 5.75 Å². The van der Waals surface area contributed by atoms with Gasteiger partial charge in [0.25, 0.3) is 0 Å². The number of nitrogens with zero attached hydrogens (tertiary/aromatic N) is 6. The maximum absolute atomic E-state index is 11.6. The third kappa shape index (κ3) is 4.64. The van der Waals surface area contributed by atoms with Crippen molar-refractivity contribution in [3.8, 4) is 16.9 Å². The number of ether oxygens (including phenoxy) is 1. The number of aromatic nitrogens is 2. The molecule has 3 saturated heterocycles. The van der Waals surface area contributed by atoms with Gasteiger partial charge in [0.1, 0.15) is 0 Å². The second kappa shape index (κ2) is 9.37. The van der Waals surface area contributed by atoms with E-state index in [1.807, 2.05) is 13.2 Å². The summed E-state index contributed by atoms with van der Waals surface area (Å²) in [5.74, 6) is 1.77. The predicted molar refractivity (Wildman–Crippen MR) is 130 cm³/mol. The summed E-state index contributed by atoms with van der Waals surface area (Å²) >= 11 is 0. The highest BCUT2D eigenvalue weighted by Gasteiger charge is 2.42. The minimum Gasteiger partial charge on any atom is -0.490 e. The largest absolute Gasteiger partial charge is 0.490 e. The molecule has 2 atom stereocenters. The zero-order valence-corrected chi connectivity index (χ0v) is 20.2. The topological polar surface area (TPSA) is 117 Å². The molecule has 5 rings (SSSR count). The van der Waals surface area contributed by atoms with Gasteiger partial charge in [-0.2, -0.15) is 5.10 Å². The number of carbonyl (C=O) groups is 1. The van der Waals surface area contributed by atoms with E-state index in [2.05, 4.69) is 14.9 Å². The van der Waals surface area contributed by atoms with Gasteiger partial charge in [0.05, 0.1) is 18.2 Å². The van der Waals surface area contributed by atoms with Gasteiger partial charge in [-0.25, -0.2) is 4.79 Å². The van der Waals surface area contributed by atoms with E-state index in [1.54, 1.807) is 27.9 Å². The predicted octanol–water partition coefficient (Wildman–Crippen LogP) is 2.76. The Morgan fingerprint density at radius 2 is 1.89 bits per heavy atom. The Hall–Kier alpha value is -3.34. The molecular weight excluding hydrogens is 452 g/mol. The SMILES string of the molecule is COc1cc(N2CCC(CN3CC4CN(C(=O)O)CC4C3)CC2)c(-c2cnn(C)c2)cc1[N+](=O)[O-]. The molecule has 2 unspecified atom stereocenters. The molecule has 188 valence electrons. The van der Waals surface area contributed by atoms with E-state index in [0.717, 1.165) is 62.4 Å². The van der Waals surface area contributed by atoms with E-state index in [0.29, 0.717) is 30.8 Å². The van der Waals surface area contributed by atoms with Gasteiger partial charge >= 0.3 is 11.8 Å². The van der Waals surface area contributed by atoms with Crippen LogP contribution in [-0.2, 0) is 7.05 Å². The Bertz CT molecular complexity index is 1100. The number of piperidine rings is 1. The van der Waals surface area contributed by atoms with Crippen LogP contribution in [0.1, 0.15) is 12.8 Å². The fourth-order valence-corrected chi connectivity index (χ4v) is 6.03. The maximum atomic E-state index is 11.6. The number of carboxylic acid groups (broad SMARTS) is 1. The van der Waals surface area contributed by atoms with Crippen LogP contribution in [0.3, 0.4) is 0 Å². The highest BCUT2D eigenvalue weighted by molar-refractivity contribution is 5.82. The Morgan fingerprint density at radius 3 is 2.43 bits per heavy atom. The molecule has 2 aromatic rings. The molecule has 0 saturated carbocycles. The number of aryl methyl sites for hydroxylation is 1. The van der Waals surface area contributed by atoms with E-state index in [1.165, 1.54) is 7.11 Å². The summed E-state index contributed by atoms with van der Waals surface area (Å²) in [4.78, 5) is 28.9. The summed E-state index contributed by atoms with van der Waals surface area (Å²) in [5, 5.41) is 25.1. The first kappa shape index (κ1) is 23.4. The summed E-state index contributed by atoms with van der Waals surface area (Å²) in [5.41, 5.74) is 2.52. The molecule has 0 bridgehead atoms. The van der Waals surface area contributed by atoms with Gasteiger partial charge in [-0.05, 0) is 30.6 Å². The molecule has 11 nitrogen and oxygen atoms in total. The first-order valence-electron chi connectivity index (χ1n) is 12.1. The van der Waals surface area contributed by atoms with E-state index < -0.39 is 11.0 Å². The van der Waals surface area contributed by atoms with Crippen LogP contribution < -0.4 is 9.64 Å². The van der Waals surface area contributed by atoms with Crippen molar-refractivity contribution >= 4 is 17.5 Å². The van der Waals surface area contributed by atoms with E-state index in [-0.39, 0.29) is 11.4 Å². The molecule has 1 aromatic carbocycles. The van der Waals surface area contributed by atoms with Crippen LogP contribution in [0.2, 0.25) is 0 Å². The molecule has 3 aliphatic heterocycles. The number of anilines is 1. The molecule has 4 heterocycles. The van der Waals surface area contributed by atoms with E-state index in [4.69, 9.17) is 4.74 Å². The molecule has 35 heavy (non-hydrogen) atoms. The summed E-state index contributed by atoms with van der Waals surface area (Å²) in [6, 6.07) is 3.39. The van der Waals surface area contributed by atoms with Crippen molar-refractivity contribution in [2.45, 2.75) is 12.8 Å². The second-order valence-electron chi connectivity index (χ2n) is 10.1. The number of nitro groups is 1. The van der Waals surface area contributed by atoms with Crippen LogP contribution in [0, 0.1) is 27.9 Å². The van der Waals surface area contributed by atoms with Crippen LogP contribution in [0.15, 0.2) is 24.5 Å². The minimum atomic E-state index is -0.799. The average molecular weight is 485 g/mol. The number of rotatable bonds is 6. The molecule has 1 N–H and O–H groups in total. The Labute approximate surface area is 204 Å². The van der Waals surface area contributed by atoms with Crippen molar-refractivity contribution in [2.75, 3.05) is 57.8 Å². The zero-order chi connectivity index (χ0) is 24.7. The molecule has 0 radical (unpaired) electrons. The molecule has 3 aliphatic rings. The Kier molecular flexibility index (Phi) is 6.26. The van der Waals surface area contributed by atoms with Gasteiger partial charge in [-0.15, -0.1) is 0 Å². The Morgan fingerprint density at radius 1 is 1.20 bits per heavy atom. The lowest BCUT2D eigenvalue weighted by Crippen LogP contribution is -2.39. The fourth-order valence-electron chi connectivity index (χ4n) is 6.03. The molecular formula is C24H32N6O5. The number of hydrogen-bond acceptors (Lipinski definition) is 7. The highest BCUT2D eigenvalue weighted by Crippen LogP contribution is 2.41. The maximum Gasteiger partial charge on any atom is 0.407 e. The number of benzene rings is 1. The normalized spacial score (nSPS) is 23.0. The lowest BCUT2D eigenvalue weighted by molar-refractivity contribution is -0.385. The number of nitro benzene ring substituents is 1. The zero-order valence-electron chi connectivity index (χ0n) is 20.2. The highest BCUT2D eigenvalue weighted by atomic mass is 16.6. The summed E-state index contributed by atoms with van der Waals surface area (Å²) in [6.45, 7) is 6.08. The van der Waals surface area contributed by atoms with E-state index in [9.17, 15) is 20.0 Å². The van der Waals surface area contributed by atoms with Gasteiger partial charge in [-0.1, -0.05) is 0 Å². The quantitative estimate of drug-likeness (QED) is 0.491. The number of hydrogen-bond donors (Lipinski definition) is 1. The van der Waals surface area contributed by atoms with Crippen molar-refractivity contribution in [1.29, 1.82) is 0 Å². The summed E-state index contributed by atoms with van der Waals surface area (Å²) in [7, 11) is 3.29. The minimum absolute atomic E-state index is 0.0500. The first-order chi connectivity index (χ1) is 16.8. The van der Waals surface area contributed by atoms with Crippen molar-refractivity contribution < 1.29 is 19.6 Å². The second-order valence-corrected chi connectivity index (χ2v) is 10.1. The lowest BCUT2D eigenvalue weighted by atomic mass is 9.94.